The number of nitrogens with two attached hydrogens (primary N) is 1. The molecule has 19 heavy (non-hydrogen) atoms. The largest absolute Gasteiger partial charge is 0.394 e. The van der Waals surface area contributed by atoms with Crippen LogP contribution in [-0.2, 0) is 4.74 Å². The van der Waals surface area contributed by atoms with Crippen molar-refractivity contribution in [2.24, 2.45) is 0 Å². The average Bonchev–Trinajstić information content (AvgIpc) is 2.68. The van der Waals surface area contributed by atoms with Crippen LogP contribution in [0.25, 0.3) is 0 Å². The Hall–Kier alpha value is -1.55. The van der Waals surface area contributed by atoms with Gasteiger partial charge in [-0.05, 0) is 6.07 Å². The van der Waals surface area contributed by atoms with E-state index in [2.05, 4.69) is 10.3 Å². The number of nitrogen functional groups attached to an aromatic ring is 1. The van der Waals surface area contributed by atoms with Crippen molar-refractivity contribution >= 4 is 5.82 Å². The third-order valence-electron chi connectivity index (χ3n) is 2.96. The second kappa shape index (κ2) is 5.61. The molecule has 1 aromatic rings. The molecule has 2 rings (SSSR count). The number of aromatic nitrogens is 2. The molecule has 1 aliphatic rings. The number of halogens is 1. The molecule has 0 amide bonds. The lowest BCUT2D eigenvalue weighted by Gasteiger charge is -2.17. The number of nitrogens with zero attached hydrogens (tertiary/aromatic N) is 2. The van der Waals surface area contributed by atoms with Gasteiger partial charge >= 0.3 is 5.69 Å². The maximum Gasteiger partial charge on any atom is 0.351 e. The summed E-state index contributed by atoms with van der Waals surface area (Å²) in [5.74, 6) is 0.0263. The molecule has 1 fully saturated rings. The molecule has 9 heteroatoms. The third-order valence-corrected chi connectivity index (χ3v) is 2.96. The highest BCUT2D eigenvalue weighted by Crippen LogP contribution is 2.30. The van der Waals surface area contributed by atoms with Crippen LogP contribution >= 0.6 is 0 Å². The van der Waals surface area contributed by atoms with Crippen LogP contribution in [0.2, 0.25) is 0 Å². The second-order valence-electron chi connectivity index (χ2n) is 4.12. The van der Waals surface area contributed by atoms with Crippen LogP contribution in [0.15, 0.2) is 17.1 Å². The SMILES string of the molecule is Nc1ccn([C@@H]2O[C@H](CO)[C@H](NCO)[C@@H]2F)c(=O)n1. The summed E-state index contributed by atoms with van der Waals surface area (Å²) in [4.78, 5) is 15.1. The first kappa shape index (κ1) is 13.9. The van der Waals surface area contributed by atoms with Gasteiger partial charge in [-0.15, -0.1) is 0 Å². The predicted octanol–water partition coefficient (Wildman–Crippen LogP) is -2.04. The number of aliphatic hydroxyl groups is 2. The lowest BCUT2D eigenvalue weighted by Crippen LogP contribution is -2.44. The highest BCUT2D eigenvalue weighted by atomic mass is 19.1. The van der Waals surface area contributed by atoms with Crippen molar-refractivity contribution in [1.29, 1.82) is 0 Å². The summed E-state index contributed by atoms with van der Waals surface area (Å²) in [5.41, 5.74) is 4.60. The Morgan fingerprint density at radius 2 is 2.32 bits per heavy atom. The van der Waals surface area contributed by atoms with Gasteiger partial charge in [-0.2, -0.15) is 4.98 Å². The lowest BCUT2D eigenvalue weighted by atomic mass is 10.1. The van der Waals surface area contributed by atoms with Crippen LogP contribution < -0.4 is 16.7 Å². The topological polar surface area (TPSA) is 123 Å². The van der Waals surface area contributed by atoms with Crippen LogP contribution in [0.5, 0.6) is 0 Å². The number of alkyl halides is 1. The summed E-state index contributed by atoms with van der Waals surface area (Å²) in [7, 11) is 0. The molecular weight excluding hydrogens is 259 g/mol. The second-order valence-corrected chi connectivity index (χ2v) is 4.12. The van der Waals surface area contributed by atoms with Gasteiger partial charge in [0.1, 0.15) is 11.9 Å². The first-order valence-corrected chi connectivity index (χ1v) is 5.67. The van der Waals surface area contributed by atoms with Gasteiger partial charge in [0, 0.05) is 6.20 Å². The van der Waals surface area contributed by atoms with Crippen molar-refractivity contribution in [3.63, 3.8) is 0 Å². The van der Waals surface area contributed by atoms with E-state index < -0.39 is 43.6 Å². The van der Waals surface area contributed by atoms with Gasteiger partial charge in [-0.1, -0.05) is 0 Å². The van der Waals surface area contributed by atoms with Crippen molar-refractivity contribution in [2.45, 2.75) is 24.5 Å². The molecule has 1 aliphatic heterocycles. The number of anilines is 1. The van der Waals surface area contributed by atoms with Gasteiger partial charge in [0.25, 0.3) is 0 Å². The number of ether oxygens (including phenoxy) is 1. The Labute approximate surface area is 107 Å². The molecule has 1 saturated heterocycles. The highest BCUT2D eigenvalue weighted by Gasteiger charge is 2.45. The summed E-state index contributed by atoms with van der Waals surface area (Å²) >= 11 is 0. The van der Waals surface area contributed by atoms with E-state index in [1.165, 1.54) is 12.3 Å². The van der Waals surface area contributed by atoms with Crippen molar-refractivity contribution in [1.82, 2.24) is 14.9 Å². The van der Waals surface area contributed by atoms with Gasteiger partial charge in [-0.25, -0.2) is 9.18 Å². The van der Waals surface area contributed by atoms with E-state index in [1.807, 2.05) is 0 Å². The summed E-state index contributed by atoms with van der Waals surface area (Å²) in [6.45, 7) is -0.904. The van der Waals surface area contributed by atoms with E-state index in [0.29, 0.717) is 0 Å². The fourth-order valence-corrected chi connectivity index (χ4v) is 2.07. The van der Waals surface area contributed by atoms with E-state index in [1.54, 1.807) is 0 Å². The standard InChI is InChI=1S/C10H15FN4O4/c11-7-8(13-4-17)5(3-16)19-9(7)15-2-1-6(12)14-10(15)18/h1-2,5,7-9,13,16-17H,3-4H2,(H2,12,14,18)/t5-,7+,8+,9-/m1/s1. The molecular formula is C10H15FN4O4. The Bertz CT molecular complexity index is 497. The molecule has 0 radical (unpaired) electrons. The zero-order valence-corrected chi connectivity index (χ0v) is 9.94. The first-order valence-electron chi connectivity index (χ1n) is 5.67. The number of hydrogen-bond acceptors (Lipinski definition) is 7. The van der Waals surface area contributed by atoms with Crippen LogP contribution in [0.3, 0.4) is 0 Å². The maximum atomic E-state index is 14.2. The fraction of sp³-hybridized carbons (Fsp3) is 0.600. The summed E-state index contributed by atoms with van der Waals surface area (Å²) in [6.07, 6.45) is -2.43. The molecule has 0 spiro atoms. The van der Waals surface area contributed by atoms with Crippen molar-refractivity contribution < 1.29 is 19.3 Å². The Balaban J connectivity index is 2.28. The van der Waals surface area contributed by atoms with Crippen molar-refractivity contribution in [3.05, 3.63) is 22.7 Å². The summed E-state index contributed by atoms with van der Waals surface area (Å²) < 4.78 is 20.5. The highest BCUT2D eigenvalue weighted by molar-refractivity contribution is 5.23. The molecule has 0 saturated carbocycles. The van der Waals surface area contributed by atoms with E-state index >= 15 is 0 Å². The van der Waals surface area contributed by atoms with Gasteiger partial charge in [0.15, 0.2) is 12.4 Å². The van der Waals surface area contributed by atoms with Crippen LogP contribution in [0, 0.1) is 0 Å². The number of nitrogens with one attached hydrogen (secondary N) is 1. The first-order chi connectivity index (χ1) is 9.08. The van der Waals surface area contributed by atoms with Crippen molar-refractivity contribution in [2.75, 3.05) is 19.1 Å². The van der Waals surface area contributed by atoms with E-state index in [4.69, 9.17) is 20.7 Å². The third kappa shape index (κ3) is 2.59. The van der Waals surface area contributed by atoms with E-state index in [0.717, 1.165) is 4.57 Å². The number of rotatable bonds is 4. The maximum absolute atomic E-state index is 14.2. The van der Waals surface area contributed by atoms with Crippen LogP contribution in [-0.4, -0.2) is 51.4 Å². The average molecular weight is 274 g/mol. The lowest BCUT2D eigenvalue weighted by molar-refractivity contribution is -0.0413. The molecule has 2 heterocycles. The minimum atomic E-state index is -1.62. The minimum absolute atomic E-state index is 0.0263. The van der Waals surface area contributed by atoms with Crippen LogP contribution in [0.1, 0.15) is 6.23 Å². The summed E-state index contributed by atoms with van der Waals surface area (Å²) in [6, 6.07) is 0.433. The van der Waals surface area contributed by atoms with Crippen LogP contribution in [0.4, 0.5) is 10.2 Å². The molecule has 5 N–H and O–H groups in total. The Morgan fingerprint density at radius 1 is 1.58 bits per heavy atom. The van der Waals surface area contributed by atoms with Gasteiger partial charge in [0.2, 0.25) is 0 Å². The zero-order chi connectivity index (χ0) is 14.0. The Kier molecular flexibility index (Phi) is 4.10. The monoisotopic (exact) mass is 274 g/mol. The van der Waals surface area contributed by atoms with E-state index in [-0.39, 0.29) is 5.82 Å². The normalized spacial score (nSPS) is 30.7. The molecule has 1 aromatic heterocycles. The van der Waals surface area contributed by atoms with E-state index in [9.17, 15) is 9.18 Å². The number of hydrogen-bond donors (Lipinski definition) is 4. The Morgan fingerprint density at radius 3 is 2.89 bits per heavy atom. The fourth-order valence-electron chi connectivity index (χ4n) is 2.07. The molecule has 4 atom stereocenters. The molecule has 8 nitrogen and oxygen atoms in total. The molecule has 0 unspecified atom stereocenters. The van der Waals surface area contributed by atoms with Gasteiger partial charge < -0.3 is 20.7 Å². The molecule has 0 aromatic carbocycles. The summed E-state index contributed by atoms with van der Waals surface area (Å²) in [5, 5.41) is 20.4. The smallest absolute Gasteiger partial charge is 0.351 e. The number of aliphatic hydroxyl groups excluding tert-OH is 2. The predicted molar refractivity (Wildman–Crippen MR) is 62.8 cm³/mol. The molecule has 106 valence electrons. The van der Waals surface area contributed by atoms with Gasteiger partial charge in [-0.3, -0.25) is 9.88 Å². The van der Waals surface area contributed by atoms with Crippen molar-refractivity contribution in [3.8, 4) is 0 Å². The molecule has 0 aliphatic carbocycles. The zero-order valence-electron chi connectivity index (χ0n) is 9.94. The molecule has 0 bridgehead atoms. The quantitative estimate of drug-likeness (QED) is 0.466. The van der Waals surface area contributed by atoms with Gasteiger partial charge in [0.05, 0.1) is 19.4 Å². The minimum Gasteiger partial charge on any atom is -0.394 e.